The first-order valence-corrected chi connectivity index (χ1v) is 4.95. The van der Waals surface area contributed by atoms with E-state index in [0.717, 1.165) is 0 Å². The summed E-state index contributed by atoms with van der Waals surface area (Å²) in [6.45, 7) is 3.01. The minimum atomic E-state index is -3.41. The summed E-state index contributed by atoms with van der Waals surface area (Å²) in [5.74, 6) is 0. The van der Waals surface area contributed by atoms with Crippen LogP contribution in [0.1, 0.15) is 13.3 Å². The van der Waals surface area contributed by atoms with Crippen molar-refractivity contribution in [1.29, 1.82) is 0 Å². The van der Waals surface area contributed by atoms with Crippen molar-refractivity contribution in [1.82, 2.24) is 0 Å². The topological polar surface area (TPSA) is 23.1 Å². The molecule has 0 aliphatic heterocycles. The van der Waals surface area contributed by atoms with Crippen molar-refractivity contribution >= 4 is 8.65 Å². The van der Waals surface area contributed by atoms with Crippen LogP contribution in [0.15, 0.2) is 0 Å². The molecule has 0 fully saturated rings. The van der Waals surface area contributed by atoms with Crippen molar-refractivity contribution in [2.75, 3.05) is 0 Å². The molecule has 44 valence electrons. The molecule has 0 N–H and O–H groups in total. The van der Waals surface area contributed by atoms with Crippen molar-refractivity contribution in [3.8, 4) is 0 Å². The van der Waals surface area contributed by atoms with Crippen LogP contribution in [0.25, 0.3) is 0 Å². The van der Waals surface area contributed by atoms with E-state index in [1.165, 1.54) is 6.55 Å². The third-order valence-corrected chi connectivity index (χ3v) is 2.09. The fraction of sp³-hybridized carbons (Fsp3) is 1.00. The summed E-state index contributed by atoms with van der Waals surface area (Å²) in [5, 5.41) is 0. The van der Waals surface area contributed by atoms with Crippen LogP contribution in [0, 0.1) is 0 Å². The fourth-order valence-corrected chi connectivity index (χ4v) is 1.34. The minimum absolute atomic E-state index is 0. The Hall–Kier alpha value is 1.11. The standard InChI is InChI=1S/C4H10FOSi.Na/c1-3-4-7(2,5)6;/h3-4H2,1-2H3;/q-1;+1. The Morgan fingerprint density at radius 3 is 2.00 bits per heavy atom. The van der Waals surface area contributed by atoms with Gasteiger partial charge in [0.25, 0.3) is 0 Å². The molecule has 0 aromatic carbocycles. The van der Waals surface area contributed by atoms with Crippen molar-refractivity contribution in [3.05, 3.63) is 0 Å². The van der Waals surface area contributed by atoms with Gasteiger partial charge in [0.15, 0.2) is 8.65 Å². The summed E-state index contributed by atoms with van der Waals surface area (Å²) in [6, 6.07) is 0.257. The Kier molecular flexibility index (Phi) is 7.31. The van der Waals surface area contributed by atoms with Gasteiger partial charge in [-0.15, -0.1) is 0 Å². The van der Waals surface area contributed by atoms with Gasteiger partial charge in [-0.25, -0.2) is 0 Å². The molecule has 0 rings (SSSR count). The van der Waals surface area contributed by atoms with Crippen molar-refractivity contribution in [2.45, 2.75) is 25.9 Å². The average Bonchev–Trinajstić information content (AvgIpc) is 1.30. The zero-order valence-corrected chi connectivity index (χ0v) is 8.70. The van der Waals surface area contributed by atoms with E-state index in [1.54, 1.807) is 0 Å². The molecule has 4 heteroatoms. The van der Waals surface area contributed by atoms with Crippen LogP contribution in [0.2, 0.25) is 12.6 Å². The molecule has 8 heavy (non-hydrogen) atoms. The number of hydrogen-bond donors (Lipinski definition) is 0. The molecule has 0 aliphatic carbocycles. The third-order valence-electron chi connectivity index (χ3n) is 0.697. The van der Waals surface area contributed by atoms with Crippen LogP contribution in [0.4, 0.5) is 4.11 Å². The molecule has 0 heterocycles. The van der Waals surface area contributed by atoms with E-state index >= 15 is 0 Å². The minimum Gasteiger partial charge on any atom is -0.834 e. The maximum absolute atomic E-state index is 12.0. The quantitative estimate of drug-likeness (QED) is 0.319. The van der Waals surface area contributed by atoms with Crippen LogP contribution in [-0.2, 0) is 0 Å². The van der Waals surface area contributed by atoms with Crippen LogP contribution < -0.4 is 34.4 Å². The number of rotatable bonds is 2. The normalized spacial score (nSPS) is 16.5. The van der Waals surface area contributed by atoms with Gasteiger partial charge in [0, 0.05) is 0 Å². The van der Waals surface area contributed by atoms with E-state index in [-0.39, 0.29) is 35.6 Å². The van der Waals surface area contributed by atoms with Gasteiger partial charge in [-0.3, -0.25) is 0 Å². The van der Waals surface area contributed by atoms with Gasteiger partial charge in [-0.2, -0.15) is 0 Å². The smallest absolute Gasteiger partial charge is 0.834 e. The predicted octanol–water partition coefficient (Wildman–Crippen LogP) is -2.20. The maximum Gasteiger partial charge on any atom is 1.00 e. The molecule has 0 aromatic heterocycles. The predicted molar refractivity (Wildman–Crippen MR) is 27.8 cm³/mol. The van der Waals surface area contributed by atoms with Crippen molar-refractivity contribution in [3.63, 3.8) is 0 Å². The van der Waals surface area contributed by atoms with E-state index in [2.05, 4.69) is 0 Å². The summed E-state index contributed by atoms with van der Waals surface area (Å²) < 4.78 is 12.0. The molecule has 0 radical (unpaired) electrons. The van der Waals surface area contributed by atoms with E-state index in [9.17, 15) is 8.90 Å². The monoisotopic (exact) mass is 144 g/mol. The first kappa shape index (κ1) is 11.9. The van der Waals surface area contributed by atoms with Crippen LogP contribution in [0.3, 0.4) is 0 Å². The molecule has 0 bridgehead atoms. The van der Waals surface area contributed by atoms with Crippen LogP contribution >= 0.6 is 0 Å². The summed E-state index contributed by atoms with van der Waals surface area (Å²) in [4.78, 5) is 10.2. The van der Waals surface area contributed by atoms with Gasteiger partial charge < -0.3 is 8.90 Å². The summed E-state index contributed by atoms with van der Waals surface area (Å²) in [5.41, 5.74) is 0. The Bertz CT molecular complexity index is 54.5. The first-order chi connectivity index (χ1) is 3.06. The van der Waals surface area contributed by atoms with Gasteiger partial charge in [-0.05, 0) is 6.04 Å². The Labute approximate surface area is 72.9 Å². The van der Waals surface area contributed by atoms with Crippen molar-refractivity contribution < 1.29 is 38.5 Å². The molecule has 1 unspecified atom stereocenters. The van der Waals surface area contributed by atoms with Crippen LogP contribution in [0.5, 0.6) is 0 Å². The zero-order valence-electron chi connectivity index (χ0n) is 5.70. The summed E-state index contributed by atoms with van der Waals surface area (Å²) in [6.07, 6.45) is 0.683. The largest absolute Gasteiger partial charge is 1.00 e. The van der Waals surface area contributed by atoms with E-state index in [4.69, 9.17) is 0 Å². The van der Waals surface area contributed by atoms with E-state index in [0.29, 0.717) is 6.42 Å². The maximum atomic E-state index is 12.0. The van der Waals surface area contributed by atoms with Crippen LogP contribution in [-0.4, -0.2) is 8.65 Å². The molecule has 1 atom stereocenters. The zero-order chi connectivity index (χ0) is 5.91. The second kappa shape index (κ2) is 4.94. The van der Waals surface area contributed by atoms with Gasteiger partial charge in [0.2, 0.25) is 0 Å². The Morgan fingerprint density at radius 1 is 1.62 bits per heavy atom. The van der Waals surface area contributed by atoms with Gasteiger partial charge in [0.05, 0.1) is 0 Å². The van der Waals surface area contributed by atoms with Gasteiger partial charge >= 0.3 is 29.6 Å². The molecule has 0 aliphatic rings. The van der Waals surface area contributed by atoms with E-state index in [1.807, 2.05) is 6.92 Å². The van der Waals surface area contributed by atoms with Gasteiger partial charge in [-0.1, -0.05) is 19.9 Å². The molecule has 0 saturated heterocycles. The molecule has 0 spiro atoms. The van der Waals surface area contributed by atoms with Gasteiger partial charge in [0.1, 0.15) is 0 Å². The molecular formula is C4H10FNaOSi. The number of halogens is 1. The summed E-state index contributed by atoms with van der Waals surface area (Å²) >= 11 is 0. The summed E-state index contributed by atoms with van der Waals surface area (Å²) in [7, 11) is -3.41. The SMILES string of the molecule is CCC[Si](C)([O-])F.[Na+]. The average molecular weight is 144 g/mol. The molecule has 0 saturated carbocycles. The van der Waals surface area contributed by atoms with E-state index < -0.39 is 8.65 Å². The molecule has 1 nitrogen and oxygen atoms in total. The number of hydrogen-bond acceptors (Lipinski definition) is 1. The first-order valence-electron chi connectivity index (χ1n) is 2.45. The Morgan fingerprint density at radius 2 is 2.00 bits per heavy atom. The molecule has 0 aromatic rings. The molecular weight excluding hydrogens is 134 g/mol. The fourth-order valence-electron chi connectivity index (χ4n) is 0.447. The Balaban J connectivity index is 0. The van der Waals surface area contributed by atoms with Crippen molar-refractivity contribution in [2.24, 2.45) is 0 Å². The molecule has 0 amide bonds. The second-order valence-corrected chi connectivity index (χ2v) is 4.56. The third kappa shape index (κ3) is 10.2. The second-order valence-electron chi connectivity index (χ2n) is 1.85.